The molecule has 136 valence electrons. The summed E-state index contributed by atoms with van der Waals surface area (Å²) in [6.07, 6.45) is 5.53. The van der Waals surface area contributed by atoms with E-state index in [1.807, 2.05) is 35.2 Å². The Hall–Kier alpha value is -2.25. The van der Waals surface area contributed by atoms with Crippen LogP contribution in [0.15, 0.2) is 47.7 Å². The second-order valence-corrected chi connectivity index (χ2v) is 7.32. The zero-order valence-electron chi connectivity index (χ0n) is 14.8. The summed E-state index contributed by atoms with van der Waals surface area (Å²) in [5.41, 5.74) is 0.296. The standard InChI is InChI=1S/C19H21N3O3S/c1-24-15-7-8-17(25-2)16(10-15)19(23)12-26-18(22(19)14-5-6-14)21-13-4-3-9-20-11-13/h3-4,7-11,14,23H,5-6,12H2,1-2H3. The molecule has 1 saturated carbocycles. The number of hydrogen-bond donors (Lipinski definition) is 1. The maximum atomic E-state index is 11.7. The van der Waals surface area contributed by atoms with Crippen LogP contribution in [-0.2, 0) is 5.72 Å². The Morgan fingerprint density at radius 2 is 2.12 bits per heavy atom. The predicted octanol–water partition coefficient (Wildman–Crippen LogP) is 3.14. The van der Waals surface area contributed by atoms with Gasteiger partial charge in [0, 0.05) is 12.2 Å². The number of thioether (sulfide) groups is 1. The third-order valence-electron chi connectivity index (χ3n) is 4.63. The molecular weight excluding hydrogens is 350 g/mol. The van der Waals surface area contributed by atoms with Gasteiger partial charge < -0.3 is 19.5 Å². The number of pyridine rings is 1. The number of aromatic nitrogens is 1. The smallest absolute Gasteiger partial charge is 0.179 e. The Kier molecular flexibility index (Phi) is 4.50. The van der Waals surface area contributed by atoms with Crippen LogP contribution in [0.25, 0.3) is 0 Å². The van der Waals surface area contributed by atoms with E-state index in [0.29, 0.717) is 22.8 Å². The summed E-state index contributed by atoms with van der Waals surface area (Å²) in [7, 11) is 3.23. The molecule has 1 atom stereocenters. The molecule has 1 unspecified atom stereocenters. The summed E-state index contributed by atoms with van der Waals surface area (Å²) in [5, 5.41) is 12.5. The lowest BCUT2D eigenvalue weighted by molar-refractivity contribution is -0.0536. The number of aliphatic hydroxyl groups is 1. The highest BCUT2D eigenvalue weighted by atomic mass is 32.2. The van der Waals surface area contributed by atoms with Crippen molar-refractivity contribution in [2.75, 3.05) is 20.0 Å². The summed E-state index contributed by atoms with van der Waals surface area (Å²) >= 11 is 1.55. The Morgan fingerprint density at radius 1 is 1.27 bits per heavy atom. The number of rotatable bonds is 5. The van der Waals surface area contributed by atoms with Crippen molar-refractivity contribution in [1.29, 1.82) is 0 Å². The highest BCUT2D eigenvalue weighted by Gasteiger charge is 2.52. The van der Waals surface area contributed by atoms with Gasteiger partial charge in [0.05, 0.1) is 37.4 Å². The molecule has 0 spiro atoms. The van der Waals surface area contributed by atoms with Crippen LogP contribution >= 0.6 is 11.8 Å². The number of aliphatic imine (C=N–C) groups is 1. The number of ether oxygens (including phenoxy) is 2. The minimum atomic E-state index is -1.19. The van der Waals surface area contributed by atoms with Gasteiger partial charge in [-0.1, -0.05) is 11.8 Å². The van der Waals surface area contributed by atoms with Gasteiger partial charge in [0.25, 0.3) is 0 Å². The monoisotopic (exact) mass is 371 g/mol. The molecule has 1 aliphatic heterocycles. The van der Waals surface area contributed by atoms with Gasteiger partial charge in [-0.3, -0.25) is 4.98 Å². The first kappa shape index (κ1) is 17.2. The van der Waals surface area contributed by atoms with E-state index < -0.39 is 5.72 Å². The summed E-state index contributed by atoms with van der Waals surface area (Å²) < 4.78 is 10.9. The third kappa shape index (κ3) is 3.01. The fourth-order valence-electron chi connectivity index (χ4n) is 3.20. The van der Waals surface area contributed by atoms with Crippen LogP contribution in [0.1, 0.15) is 18.4 Å². The van der Waals surface area contributed by atoms with E-state index in [-0.39, 0.29) is 6.04 Å². The number of benzene rings is 1. The third-order valence-corrected chi connectivity index (χ3v) is 5.72. The first-order valence-electron chi connectivity index (χ1n) is 8.51. The molecular formula is C19H21N3O3S. The maximum Gasteiger partial charge on any atom is 0.179 e. The van der Waals surface area contributed by atoms with Gasteiger partial charge in [-0.2, -0.15) is 0 Å². The van der Waals surface area contributed by atoms with Gasteiger partial charge in [-0.05, 0) is 43.2 Å². The molecule has 0 radical (unpaired) electrons. The summed E-state index contributed by atoms with van der Waals surface area (Å²) in [6.45, 7) is 0. The molecule has 26 heavy (non-hydrogen) atoms. The van der Waals surface area contributed by atoms with Crippen molar-refractivity contribution >= 4 is 22.6 Å². The zero-order valence-corrected chi connectivity index (χ0v) is 15.6. The largest absolute Gasteiger partial charge is 0.497 e. The average Bonchev–Trinajstić information content (AvgIpc) is 3.46. The van der Waals surface area contributed by atoms with Gasteiger partial charge >= 0.3 is 0 Å². The van der Waals surface area contributed by atoms with E-state index in [1.54, 1.807) is 38.4 Å². The second-order valence-electron chi connectivity index (χ2n) is 6.38. The molecule has 1 aromatic heterocycles. The number of nitrogens with zero attached hydrogens (tertiary/aromatic N) is 3. The molecule has 2 aromatic rings. The highest BCUT2D eigenvalue weighted by molar-refractivity contribution is 8.14. The molecule has 2 fully saturated rings. The van der Waals surface area contributed by atoms with Crippen molar-refractivity contribution in [2.24, 2.45) is 4.99 Å². The van der Waals surface area contributed by atoms with E-state index in [2.05, 4.69) is 4.98 Å². The topological polar surface area (TPSA) is 67.2 Å². The first-order valence-corrected chi connectivity index (χ1v) is 9.50. The SMILES string of the molecule is COc1ccc(OC)c(C2(O)CSC(=Nc3cccnc3)N2C2CC2)c1. The van der Waals surface area contributed by atoms with Crippen molar-refractivity contribution in [1.82, 2.24) is 9.88 Å². The summed E-state index contributed by atoms with van der Waals surface area (Å²) in [5.74, 6) is 1.81. The lowest BCUT2D eigenvalue weighted by atomic mass is 10.0. The van der Waals surface area contributed by atoms with Crippen LogP contribution in [-0.4, -0.2) is 46.2 Å². The minimum Gasteiger partial charge on any atom is -0.497 e. The van der Waals surface area contributed by atoms with Crippen molar-refractivity contribution < 1.29 is 14.6 Å². The number of amidine groups is 1. The fourth-order valence-corrected chi connectivity index (χ4v) is 4.44. The van der Waals surface area contributed by atoms with Gasteiger partial charge in [0.15, 0.2) is 10.9 Å². The highest BCUT2D eigenvalue weighted by Crippen LogP contribution is 2.49. The van der Waals surface area contributed by atoms with E-state index >= 15 is 0 Å². The van der Waals surface area contributed by atoms with Gasteiger partial charge in [-0.15, -0.1) is 0 Å². The second kappa shape index (κ2) is 6.81. The van der Waals surface area contributed by atoms with Crippen molar-refractivity contribution in [3.05, 3.63) is 48.3 Å². The summed E-state index contributed by atoms with van der Waals surface area (Å²) in [6, 6.07) is 9.56. The van der Waals surface area contributed by atoms with E-state index in [9.17, 15) is 5.11 Å². The van der Waals surface area contributed by atoms with Gasteiger partial charge in [-0.25, -0.2) is 4.99 Å². The summed E-state index contributed by atoms with van der Waals surface area (Å²) in [4.78, 5) is 10.9. The van der Waals surface area contributed by atoms with Crippen molar-refractivity contribution in [3.8, 4) is 11.5 Å². The van der Waals surface area contributed by atoms with Crippen LogP contribution in [0.3, 0.4) is 0 Å². The Bertz CT molecular complexity index is 826. The Morgan fingerprint density at radius 3 is 2.77 bits per heavy atom. The van der Waals surface area contributed by atoms with E-state index in [1.165, 1.54) is 0 Å². The van der Waals surface area contributed by atoms with E-state index in [4.69, 9.17) is 14.5 Å². The molecule has 6 nitrogen and oxygen atoms in total. The first-order chi connectivity index (χ1) is 12.7. The Balaban J connectivity index is 1.77. The molecule has 1 aliphatic carbocycles. The van der Waals surface area contributed by atoms with Crippen LogP contribution in [0.2, 0.25) is 0 Å². The fraction of sp³-hybridized carbons (Fsp3) is 0.368. The number of methoxy groups -OCH3 is 2. The molecule has 1 N–H and O–H groups in total. The molecule has 1 aromatic carbocycles. The minimum absolute atomic E-state index is 0.279. The van der Waals surface area contributed by atoms with Gasteiger partial charge in [0.1, 0.15) is 11.5 Å². The molecule has 0 amide bonds. The Labute approximate surface area is 156 Å². The normalized spacial score (nSPS) is 24.1. The lowest BCUT2D eigenvalue weighted by Crippen LogP contribution is -2.46. The number of hydrogen-bond acceptors (Lipinski definition) is 6. The van der Waals surface area contributed by atoms with Gasteiger partial charge in [0.2, 0.25) is 0 Å². The van der Waals surface area contributed by atoms with Crippen LogP contribution in [0.4, 0.5) is 5.69 Å². The van der Waals surface area contributed by atoms with Crippen molar-refractivity contribution in [3.63, 3.8) is 0 Å². The molecule has 2 heterocycles. The van der Waals surface area contributed by atoms with Crippen LogP contribution in [0, 0.1) is 0 Å². The lowest BCUT2D eigenvalue weighted by Gasteiger charge is -2.35. The average molecular weight is 371 g/mol. The van der Waals surface area contributed by atoms with Crippen LogP contribution in [0.5, 0.6) is 11.5 Å². The molecule has 0 bridgehead atoms. The zero-order chi connectivity index (χ0) is 18.1. The molecule has 4 rings (SSSR count). The molecule has 7 heteroatoms. The van der Waals surface area contributed by atoms with Crippen LogP contribution < -0.4 is 9.47 Å². The van der Waals surface area contributed by atoms with Crippen molar-refractivity contribution in [2.45, 2.75) is 24.6 Å². The maximum absolute atomic E-state index is 11.7. The quantitative estimate of drug-likeness (QED) is 0.871. The molecule has 1 saturated heterocycles. The van der Waals surface area contributed by atoms with E-state index in [0.717, 1.165) is 23.7 Å². The molecule has 2 aliphatic rings. The predicted molar refractivity (Wildman–Crippen MR) is 102 cm³/mol.